The molecular formula is C13H17N5O. The summed E-state index contributed by atoms with van der Waals surface area (Å²) < 4.78 is 1.59. The minimum atomic E-state index is -0.538. The molecule has 19 heavy (non-hydrogen) atoms. The van der Waals surface area contributed by atoms with Crippen molar-refractivity contribution in [2.75, 3.05) is 5.32 Å². The van der Waals surface area contributed by atoms with Gasteiger partial charge in [0, 0.05) is 0 Å². The first-order valence-electron chi connectivity index (χ1n) is 6.11. The highest BCUT2D eigenvalue weighted by Gasteiger charge is 2.18. The summed E-state index contributed by atoms with van der Waals surface area (Å²) in [6.45, 7) is 3.82. The summed E-state index contributed by atoms with van der Waals surface area (Å²) in [6, 6.07) is 6.84. The van der Waals surface area contributed by atoms with Crippen LogP contribution in [0.2, 0.25) is 0 Å². The first-order valence-corrected chi connectivity index (χ1v) is 6.11. The molecule has 6 nitrogen and oxygen atoms in total. The SMILES string of the molecule is CC(C)C(N)C(=O)Nc1ccccc1-n1ccnn1. The molecule has 0 spiro atoms. The fraction of sp³-hybridized carbons (Fsp3) is 0.308. The highest BCUT2D eigenvalue weighted by molar-refractivity contribution is 5.96. The van der Waals surface area contributed by atoms with Gasteiger partial charge in [-0.2, -0.15) is 0 Å². The number of nitrogens with one attached hydrogen (secondary N) is 1. The molecule has 0 aliphatic carbocycles. The van der Waals surface area contributed by atoms with Crippen molar-refractivity contribution in [3.8, 4) is 5.69 Å². The van der Waals surface area contributed by atoms with Crippen molar-refractivity contribution >= 4 is 11.6 Å². The Kier molecular flexibility index (Phi) is 3.91. The topological polar surface area (TPSA) is 85.8 Å². The van der Waals surface area contributed by atoms with Crippen molar-refractivity contribution in [3.05, 3.63) is 36.7 Å². The largest absolute Gasteiger partial charge is 0.323 e. The third-order valence-corrected chi connectivity index (χ3v) is 2.85. The Hall–Kier alpha value is -2.21. The summed E-state index contributed by atoms with van der Waals surface area (Å²) in [4.78, 5) is 12.0. The average Bonchev–Trinajstić information content (AvgIpc) is 2.92. The molecule has 0 aliphatic heterocycles. The van der Waals surface area contributed by atoms with Gasteiger partial charge in [-0.1, -0.05) is 31.2 Å². The monoisotopic (exact) mass is 259 g/mol. The van der Waals surface area contributed by atoms with E-state index in [2.05, 4.69) is 15.6 Å². The van der Waals surface area contributed by atoms with E-state index in [1.54, 1.807) is 17.1 Å². The number of para-hydroxylation sites is 2. The molecule has 6 heteroatoms. The standard InChI is InChI=1S/C13H17N5O/c1-9(2)12(14)13(19)16-10-5-3-4-6-11(10)18-8-7-15-17-18/h3-9,12H,14H2,1-2H3,(H,16,19). The quantitative estimate of drug-likeness (QED) is 0.863. The van der Waals surface area contributed by atoms with E-state index < -0.39 is 6.04 Å². The molecule has 0 fully saturated rings. The van der Waals surface area contributed by atoms with Crippen molar-refractivity contribution in [2.24, 2.45) is 11.7 Å². The number of amides is 1. The summed E-state index contributed by atoms with van der Waals surface area (Å²) in [5.41, 5.74) is 7.24. The normalized spacial score (nSPS) is 12.4. The molecule has 2 rings (SSSR count). The number of nitrogens with two attached hydrogens (primary N) is 1. The molecule has 100 valence electrons. The molecule has 0 bridgehead atoms. The number of hydrogen-bond acceptors (Lipinski definition) is 4. The van der Waals surface area contributed by atoms with Crippen molar-refractivity contribution in [1.29, 1.82) is 0 Å². The van der Waals surface area contributed by atoms with E-state index in [9.17, 15) is 4.79 Å². The Labute approximate surface area is 111 Å². The number of nitrogens with zero attached hydrogens (tertiary/aromatic N) is 3. The molecule has 1 aromatic carbocycles. The minimum absolute atomic E-state index is 0.0820. The van der Waals surface area contributed by atoms with E-state index in [-0.39, 0.29) is 11.8 Å². The van der Waals surface area contributed by atoms with Crippen LogP contribution in [0.15, 0.2) is 36.7 Å². The molecule has 1 atom stereocenters. The number of hydrogen-bond donors (Lipinski definition) is 2. The zero-order chi connectivity index (χ0) is 13.8. The number of aromatic nitrogens is 3. The van der Waals surface area contributed by atoms with Gasteiger partial charge in [-0.3, -0.25) is 4.79 Å². The minimum Gasteiger partial charge on any atom is -0.323 e. The van der Waals surface area contributed by atoms with Crippen LogP contribution in [0.5, 0.6) is 0 Å². The zero-order valence-electron chi connectivity index (χ0n) is 10.9. The highest BCUT2D eigenvalue weighted by Crippen LogP contribution is 2.19. The summed E-state index contributed by atoms with van der Waals surface area (Å²) >= 11 is 0. The van der Waals surface area contributed by atoms with Gasteiger partial charge in [0.1, 0.15) is 0 Å². The lowest BCUT2D eigenvalue weighted by atomic mass is 10.0. The number of carbonyl (C=O) groups excluding carboxylic acids is 1. The van der Waals surface area contributed by atoms with Gasteiger partial charge in [-0.15, -0.1) is 5.10 Å². The van der Waals surface area contributed by atoms with Crippen LogP contribution in [0, 0.1) is 5.92 Å². The van der Waals surface area contributed by atoms with E-state index in [1.807, 2.05) is 38.1 Å². The van der Waals surface area contributed by atoms with E-state index in [4.69, 9.17) is 5.73 Å². The predicted molar refractivity (Wildman–Crippen MR) is 72.8 cm³/mol. The third-order valence-electron chi connectivity index (χ3n) is 2.85. The number of anilines is 1. The summed E-state index contributed by atoms with van der Waals surface area (Å²) in [5.74, 6) is -0.124. The average molecular weight is 259 g/mol. The molecule has 1 amide bonds. The van der Waals surface area contributed by atoms with Gasteiger partial charge >= 0.3 is 0 Å². The molecule has 0 radical (unpaired) electrons. The second-order valence-electron chi connectivity index (χ2n) is 4.62. The molecule has 1 aromatic heterocycles. The Bertz CT molecular complexity index is 550. The first-order chi connectivity index (χ1) is 9.09. The molecular weight excluding hydrogens is 242 g/mol. The maximum Gasteiger partial charge on any atom is 0.241 e. The van der Waals surface area contributed by atoms with E-state index in [0.29, 0.717) is 5.69 Å². The van der Waals surface area contributed by atoms with Gasteiger partial charge in [-0.25, -0.2) is 4.68 Å². The predicted octanol–water partition coefficient (Wildman–Crippen LogP) is 1.19. The second kappa shape index (κ2) is 5.62. The van der Waals surface area contributed by atoms with Crippen molar-refractivity contribution in [3.63, 3.8) is 0 Å². The van der Waals surface area contributed by atoms with Gasteiger partial charge < -0.3 is 11.1 Å². The van der Waals surface area contributed by atoms with Gasteiger partial charge in [0.2, 0.25) is 5.91 Å². The van der Waals surface area contributed by atoms with Gasteiger partial charge in [0.05, 0.1) is 29.8 Å². The highest BCUT2D eigenvalue weighted by atomic mass is 16.2. The summed E-state index contributed by atoms with van der Waals surface area (Å²) in [5, 5.41) is 10.5. The molecule has 1 unspecified atom stereocenters. The Morgan fingerprint density at radius 3 is 2.74 bits per heavy atom. The van der Waals surface area contributed by atoms with E-state index in [0.717, 1.165) is 5.69 Å². The molecule has 3 N–H and O–H groups in total. The fourth-order valence-electron chi connectivity index (χ4n) is 1.63. The van der Waals surface area contributed by atoms with Crippen LogP contribution >= 0.6 is 0 Å². The smallest absolute Gasteiger partial charge is 0.241 e. The summed E-state index contributed by atoms with van der Waals surface area (Å²) in [7, 11) is 0. The van der Waals surface area contributed by atoms with Crippen LogP contribution in [0.4, 0.5) is 5.69 Å². The zero-order valence-corrected chi connectivity index (χ0v) is 10.9. The van der Waals surface area contributed by atoms with Crippen molar-refractivity contribution in [2.45, 2.75) is 19.9 Å². The number of carbonyl (C=O) groups is 1. The molecule has 0 saturated carbocycles. The van der Waals surface area contributed by atoms with Crippen molar-refractivity contribution < 1.29 is 4.79 Å². The molecule has 0 saturated heterocycles. The Morgan fingerprint density at radius 1 is 1.37 bits per heavy atom. The van der Waals surface area contributed by atoms with Crippen LogP contribution in [0.3, 0.4) is 0 Å². The first kappa shape index (κ1) is 13.2. The molecule has 2 aromatic rings. The Morgan fingerprint density at radius 2 is 2.11 bits per heavy atom. The lowest BCUT2D eigenvalue weighted by Gasteiger charge is -2.17. The number of rotatable bonds is 4. The second-order valence-corrected chi connectivity index (χ2v) is 4.62. The van der Waals surface area contributed by atoms with Gasteiger partial charge in [-0.05, 0) is 18.1 Å². The van der Waals surface area contributed by atoms with Crippen LogP contribution in [0.25, 0.3) is 5.69 Å². The van der Waals surface area contributed by atoms with Crippen LogP contribution in [0.1, 0.15) is 13.8 Å². The maximum atomic E-state index is 12.0. The van der Waals surface area contributed by atoms with E-state index >= 15 is 0 Å². The van der Waals surface area contributed by atoms with Crippen molar-refractivity contribution in [1.82, 2.24) is 15.0 Å². The Balaban J connectivity index is 2.24. The van der Waals surface area contributed by atoms with Gasteiger partial charge in [0.25, 0.3) is 0 Å². The van der Waals surface area contributed by atoms with Crippen LogP contribution in [-0.4, -0.2) is 26.9 Å². The maximum absolute atomic E-state index is 12.0. The number of benzene rings is 1. The van der Waals surface area contributed by atoms with E-state index in [1.165, 1.54) is 0 Å². The lowest BCUT2D eigenvalue weighted by molar-refractivity contribution is -0.118. The third kappa shape index (κ3) is 2.97. The van der Waals surface area contributed by atoms with Gasteiger partial charge in [0.15, 0.2) is 0 Å². The molecule has 1 heterocycles. The summed E-state index contributed by atoms with van der Waals surface area (Å²) in [6.07, 6.45) is 3.30. The lowest BCUT2D eigenvalue weighted by Crippen LogP contribution is -2.39. The van der Waals surface area contributed by atoms with Crippen LogP contribution < -0.4 is 11.1 Å². The van der Waals surface area contributed by atoms with Crippen LogP contribution in [-0.2, 0) is 4.79 Å². The fourth-order valence-corrected chi connectivity index (χ4v) is 1.63. The molecule has 0 aliphatic rings.